The number of aromatic nitrogens is 1. The Hall–Kier alpha value is -2.64. The van der Waals surface area contributed by atoms with Gasteiger partial charge in [-0.25, -0.2) is 4.98 Å². The Morgan fingerprint density at radius 1 is 1.15 bits per heavy atom. The molecular weight excluding hydrogens is 362 g/mol. The fourth-order valence-electron chi connectivity index (χ4n) is 2.95. The standard InChI is InChI=1S/C20H23N3O3S/c1-23(2)16(13-6-8-17(25-3)18(9-13)26-4)11-21-20(24)14-5-7-15-19(10-14)27-12-22-15/h5-10,12,16H,11H2,1-4H3,(H,21,24)/t16-/m0/s1. The monoisotopic (exact) mass is 385 g/mol. The van der Waals surface area contributed by atoms with E-state index in [-0.39, 0.29) is 11.9 Å². The number of nitrogens with one attached hydrogen (secondary N) is 1. The summed E-state index contributed by atoms with van der Waals surface area (Å²) in [5.41, 5.74) is 4.37. The van der Waals surface area contributed by atoms with Crippen LogP contribution in [0.1, 0.15) is 22.0 Å². The predicted octanol–water partition coefficient (Wildman–Crippen LogP) is 3.35. The minimum Gasteiger partial charge on any atom is -0.493 e. The number of carbonyl (C=O) groups excluding carboxylic acids is 1. The highest BCUT2D eigenvalue weighted by atomic mass is 32.1. The third kappa shape index (κ3) is 4.20. The van der Waals surface area contributed by atoms with Crippen molar-refractivity contribution in [3.63, 3.8) is 0 Å². The van der Waals surface area contributed by atoms with Crippen molar-refractivity contribution in [3.8, 4) is 11.5 Å². The van der Waals surface area contributed by atoms with Gasteiger partial charge in [-0.1, -0.05) is 6.07 Å². The van der Waals surface area contributed by atoms with Crippen molar-refractivity contribution in [2.45, 2.75) is 6.04 Å². The SMILES string of the molecule is COc1ccc([C@H](CNC(=O)c2ccc3ncsc3c2)N(C)C)cc1OC. The number of nitrogens with zero attached hydrogens (tertiary/aromatic N) is 2. The molecule has 0 saturated carbocycles. The van der Waals surface area contributed by atoms with Gasteiger partial charge in [0.15, 0.2) is 11.5 Å². The number of thiazole rings is 1. The van der Waals surface area contributed by atoms with E-state index in [2.05, 4.69) is 15.2 Å². The van der Waals surface area contributed by atoms with E-state index >= 15 is 0 Å². The first-order chi connectivity index (χ1) is 13.0. The van der Waals surface area contributed by atoms with Gasteiger partial charge in [-0.05, 0) is 50.0 Å². The summed E-state index contributed by atoms with van der Waals surface area (Å²) in [6.07, 6.45) is 0. The minimum absolute atomic E-state index is 0.000826. The summed E-state index contributed by atoms with van der Waals surface area (Å²) >= 11 is 1.53. The normalized spacial score (nSPS) is 12.2. The van der Waals surface area contributed by atoms with Gasteiger partial charge < -0.3 is 19.7 Å². The molecule has 0 bridgehead atoms. The number of amides is 1. The molecule has 0 aliphatic carbocycles. The average Bonchev–Trinajstić information content (AvgIpc) is 3.15. The number of hydrogen-bond donors (Lipinski definition) is 1. The highest BCUT2D eigenvalue weighted by Gasteiger charge is 2.18. The average molecular weight is 385 g/mol. The fraction of sp³-hybridized carbons (Fsp3) is 0.300. The minimum atomic E-state index is -0.0994. The molecule has 27 heavy (non-hydrogen) atoms. The lowest BCUT2D eigenvalue weighted by Crippen LogP contribution is -2.34. The van der Waals surface area contributed by atoms with E-state index in [1.807, 2.05) is 44.4 Å². The van der Waals surface area contributed by atoms with Crippen molar-refractivity contribution in [1.82, 2.24) is 15.2 Å². The maximum Gasteiger partial charge on any atom is 0.251 e. The predicted molar refractivity (Wildman–Crippen MR) is 108 cm³/mol. The topological polar surface area (TPSA) is 63.7 Å². The Morgan fingerprint density at radius 3 is 2.63 bits per heavy atom. The molecule has 0 unspecified atom stereocenters. The quantitative estimate of drug-likeness (QED) is 0.676. The summed E-state index contributed by atoms with van der Waals surface area (Å²) in [7, 11) is 7.19. The fourth-order valence-corrected chi connectivity index (χ4v) is 3.66. The zero-order valence-electron chi connectivity index (χ0n) is 15.9. The van der Waals surface area contributed by atoms with Gasteiger partial charge in [0.25, 0.3) is 5.91 Å². The molecule has 1 atom stereocenters. The van der Waals surface area contributed by atoms with Gasteiger partial charge in [-0.2, -0.15) is 0 Å². The Morgan fingerprint density at radius 2 is 1.93 bits per heavy atom. The molecule has 142 valence electrons. The second-order valence-electron chi connectivity index (χ2n) is 6.34. The molecule has 0 saturated heterocycles. The van der Waals surface area contributed by atoms with E-state index in [9.17, 15) is 4.79 Å². The largest absolute Gasteiger partial charge is 0.493 e. The number of carbonyl (C=O) groups is 1. The molecule has 2 aromatic carbocycles. The van der Waals surface area contributed by atoms with Crippen molar-refractivity contribution in [1.29, 1.82) is 0 Å². The number of fused-ring (bicyclic) bond motifs is 1. The lowest BCUT2D eigenvalue weighted by molar-refractivity contribution is 0.0942. The lowest BCUT2D eigenvalue weighted by atomic mass is 10.0. The molecule has 1 aromatic heterocycles. The summed E-state index contributed by atoms with van der Waals surface area (Å²) in [5.74, 6) is 1.25. The molecule has 7 heteroatoms. The van der Waals surface area contributed by atoms with E-state index in [0.29, 0.717) is 23.6 Å². The molecule has 6 nitrogen and oxygen atoms in total. The smallest absolute Gasteiger partial charge is 0.251 e. The van der Waals surface area contributed by atoms with Crippen LogP contribution in [0, 0.1) is 0 Å². The summed E-state index contributed by atoms with van der Waals surface area (Å²) in [6, 6.07) is 11.4. The van der Waals surface area contributed by atoms with Gasteiger partial charge in [0.05, 0.1) is 36.0 Å². The second-order valence-corrected chi connectivity index (χ2v) is 7.23. The Kier molecular flexibility index (Phi) is 5.93. The van der Waals surface area contributed by atoms with Gasteiger partial charge in [-0.3, -0.25) is 4.79 Å². The molecule has 3 rings (SSSR count). The molecule has 0 fully saturated rings. The van der Waals surface area contributed by atoms with Crippen LogP contribution in [0.25, 0.3) is 10.2 Å². The zero-order valence-corrected chi connectivity index (χ0v) is 16.7. The first-order valence-corrected chi connectivity index (χ1v) is 9.41. The first-order valence-electron chi connectivity index (χ1n) is 8.53. The molecule has 0 aliphatic rings. The van der Waals surface area contributed by atoms with E-state index in [1.54, 1.807) is 25.8 Å². The summed E-state index contributed by atoms with van der Waals surface area (Å²) < 4.78 is 11.7. The first kappa shape index (κ1) is 19.1. The van der Waals surface area contributed by atoms with Crippen molar-refractivity contribution in [3.05, 3.63) is 53.0 Å². The number of ether oxygens (including phenoxy) is 2. The van der Waals surface area contributed by atoms with Gasteiger partial charge in [0.1, 0.15) is 0 Å². The molecule has 1 amide bonds. The highest BCUT2D eigenvalue weighted by molar-refractivity contribution is 7.16. The molecular formula is C20H23N3O3S. The van der Waals surface area contributed by atoms with Crippen LogP contribution in [0.3, 0.4) is 0 Å². The summed E-state index contributed by atoms with van der Waals surface area (Å²) in [5, 5.41) is 3.03. The maximum absolute atomic E-state index is 12.6. The third-order valence-electron chi connectivity index (χ3n) is 4.47. The van der Waals surface area contributed by atoms with Crippen LogP contribution >= 0.6 is 11.3 Å². The van der Waals surface area contributed by atoms with E-state index in [0.717, 1.165) is 15.8 Å². The van der Waals surface area contributed by atoms with E-state index in [1.165, 1.54) is 11.3 Å². The van der Waals surface area contributed by atoms with Crippen molar-refractivity contribution >= 4 is 27.5 Å². The number of methoxy groups -OCH3 is 2. The van der Waals surface area contributed by atoms with Crippen molar-refractivity contribution < 1.29 is 14.3 Å². The molecule has 1 N–H and O–H groups in total. The Bertz CT molecular complexity index is 939. The van der Waals surface area contributed by atoms with E-state index in [4.69, 9.17) is 9.47 Å². The van der Waals surface area contributed by atoms with Crippen molar-refractivity contribution in [2.24, 2.45) is 0 Å². The van der Waals surface area contributed by atoms with Gasteiger partial charge in [0.2, 0.25) is 0 Å². The van der Waals surface area contributed by atoms with Crippen LogP contribution in [-0.2, 0) is 0 Å². The molecule has 0 spiro atoms. The van der Waals surface area contributed by atoms with Gasteiger partial charge in [-0.15, -0.1) is 11.3 Å². The van der Waals surface area contributed by atoms with Crippen LogP contribution in [0.15, 0.2) is 41.9 Å². The zero-order chi connectivity index (χ0) is 19.4. The summed E-state index contributed by atoms with van der Waals surface area (Å²) in [4.78, 5) is 18.9. The Balaban J connectivity index is 1.75. The van der Waals surface area contributed by atoms with Crippen LogP contribution < -0.4 is 14.8 Å². The number of likely N-dealkylation sites (N-methyl/N-ethyl adjacent to an activating group) is 1. The highest BCUT2D eigenvalue weighted by Crippen LogP contribution is 2.31. The Labute approximate surface area is 162 Å². The van der Waals surface area contributed by atoms with Crippen LogP contribution in [0.4, 0.5) is 0 Å². The van der Waals surface area contributed by atoms with Gasteiger partial charge >= 0.3 is 0 Å². The molecule has 0 aliphatic heterocycles. The lowest BCUT2D eigenvalue weighted by Gasteiger charge is -2.26. The number of benzene rings is 2. The van der Waals surface area contributed by atoms with Crippen LogP contribution in [0.5, 0.6) is 11.5 Å². The molecule has 1 heterocycles. The molecule has 0 radical (unpaired) electrons. The van der Waals surface area contributed by atoms with Crippen LogP contribution in [0.2, 0.25) is 0 Å². The summed E-state index contributed by atoms with van der Waals surface area (Å²) in [6.45, 7) is 0.474. The molecule has 3 aromatic rings. The number of hydrogen-bond acceptors (Lipinski definition) is 6. The number of rotatable bonds is 7. The second kappa shape index (κ2) is 8.37. The third-order valence-corrected chi connectivity index (χ3v) is 5.26. The maximum atomic E-state index is 12.6. The van der Waals surface area contributed by atoms with Crippen LogP contribution in [-0.4, -0.2) is 50.7 Å². The van der Waals surface area contributed by atoms with Gasteiger partial charge in [0, 0.05) is 12.1 Å². The van der Waals surface area contributed by atoms with Crippen molar-refractivity contribution in [2.75, 3.05) is 34.9 Å². The van der Waals surface area contributed by atoms with E-state index < -0.39 is 0 Å².